The lowest BCUT2D eigenvalue weighted by Crippen LogP contribution is -2.54. The molecule has 0 aliphatic carbocycles. The van der Waals surface area contributed by atoms with Gasteiger partial charge in [-0.2, -0.15) is 19.6 Å². The number of para-hydroxylation sites is 2. The molecule has 0 radical (unpaired) electrons. The van der Waals surface area contributed by atoms with Crippen LogP contribution in [0.3, 0.4) is 0 Å². The van der Waals surface area contributed by atoms with Crippen molar-refractivity contribution in [3.8, 4) is 0 Å². The van der Waals surface area contributed by atoms with Gasteiger partial charge < -0.3 is 25.2 Å². The van der Waals surface area contributed by atoms with Gasteiger partial charge in [0.2, 0.25) is 11.9 Å². The maximum atomic E-state index is 9.88. The summed E-state index contributed by atoms with van der Waals surface area (Å²) in [6, 6.07) is 7.86. The topological polar surface area (TPSA) is 110 Å². The maximum Gasteiger partial charge on any atom is 0.231 e. The number of aliphatic hydroxyl groups is 1. The van der Waals surface area contributed by atoms with Gasteiger partial charge in [0.25, 0.3) is 0 Å². The quantitative estimate of drug-likeness (QED) is 0.401. The first-order valence-electron chi connectivity index (χ1n) is 9.77. The number of nitrogens with one attached hydrogen (secondary N) is 2. The Morgan fingerprint density at radius 3 is 2.93 bits per heavy atom. The van der Waals surface area contributed by atoms with Crippen molar-refractivity contribution >= 4 is 44.5 Å². The number of imidazole rings is 1. The normalized spacial score (nSPS) is 17.8. The Hall–Kier alpha value is -2.76. The second-order valence-electron chi connectivity index (χ2n) is 7.42. The summed E-state index contributed by atoms with van der Waals surface area (Å²) in [6.07, 6.45) is 1.70. The average Bonchev–Trinajstić information content (AvgIpc) is 3.35. The highest BCUT2D eigenvalue weighted by molar-refractivity contribution is 9.10. The van der Waals surface area contributed by atoms with Crippen LogP contribution < -0.4 is 10.2 Å². The number of aromatic nitrogens is 6. The number of benzene rings is 1. The van der Waals surface area contributed by atoms with Crippen molar-refractivity contribution < 1.29 is 5.11 Å². The number of likely N-dealkylation sites (N-methyl/N-ethyl adjacent to an activating group) is 1. The van der Waals surface area contributed by atoms with E-state index in [9.17, 15) is 5.11 Å². The first-order valence-corrected chi connectivity index (χ1v) is 10.6. The van der Waals surface area contributed by atoms with Crippen LogP contribution in [-0.2, 0) is 6.54 Å². The van der Waals surface area contributed by atoms with E-state index >= 15 is 0 Å². The number of hydrogen-bond donors (Lipinski definition) is 3. The van der Waals surface area contributed by atoms with Crippen LogP contribution in [-0.4, -0.2) is 78.9 Å². The minimum atomic E-state index is -0.0591. The van der Waals surface area contributed by atoms with Crippen LogP contribution in [0.15, 0.2) is 34.9 Å². The van der Waals surface area contributed by atoms with Gasteiger partial charge in [-0.15, -0.1) is 0 Å². The summed E-state index contributed by atoms with van der Waals surface area (Å²) in [6.45, 7) is 2.89. The van der Waals surface area contributed by atoms with Gasteiger partial charge in [0.05, 0.1) is 40.9 Å². The van der Waals surface area contributed by atoms with Crippen molar-refractivity contribution in [2.75, 3.05) is 43.5 Å². The molecule has 1 fully saturated rings. The van der Waals surface area contributed by atoms with Crippen molar-refractivity contribution in [3.05, 3.63) is 40.8 Å². The van der Waals surface area contributed by atoms with Crippen molar-refractivity contribution in [2.24, 2.45) is 0 Å². The number of anilines is 2. The van der Waals surface area contributed by atoms with Crippen LogP contribution in [0.25, 0.3) is 16.7 Å². The van der Waals surface area contributed by atoms with Crippen LogP contribution in [0.5, 0.6) is 0 Å². The predicted octanol–water partition coefficient (Wildman–Crippen LogP) is 1.49. The van der Waals surface area contributed by atoms with Crippen molar-refractivity contribution in [1.82, 2.24) is 34.4 Å². The molecule has 1 atom stereocenters. The number of H-pyrrole nitrogens is 1. The lowest BCUT2D eigenvalue weighted by Gasteiger charge is -2.39. The zero-order valence-corrected chi connectivity index (χ0v) is 18.0. The summed E-state index contributed by atoms with van der Waals surface area (Å²) in [4.78, 5) is 21.6. The molecule has 30 heavy (non-hydrogen) atoms. The van der Waals surface area contributed by atoms with E-state index in [-0.39, 0.29) is 12.6 Å². The number of rotatable bonds is 5. The molecule has 156 valence electrons. The number of halogens is 1. The van der Waals surface area contributed by atoms with E-state index in [0.717, 1.165) is 41.0 Å². The molecule has 5 rings (SSSR count). The Bertz CT molecular complexity index is 1160. The molecule has 3 aromatic heterocycles. The van der Waals surface area contributed by atoms with Crippen LogP contribution in [0.1, 0.15) is 5.82 Å². The molecule has 0 amide bonds. The fraction of sp³-hybridized carbons (Fsp3) is 0.368. The molecule has 1 aromatic carbocycles. The lowest BCUT2D eigenvalue weighted by atomic mass is 10.2. The summed E-state index contributed by atoms with van der Waals surface area (Å²) in [5, 5.41) is 17.6. The van der Waals surface area contributed by atoms with Gasteiger partial charge in [-0.3, -0.25) is 0 Å². The molecule has 0 bridgehead atoms. The zero-order chi connectivity index (χ0) is 20.7. The van der Waals surface area contributed by atoms with E-state index in [4.69, 9.17) is 9.97 Å². The van der Waals surface area contributed by atoms with Gasteiger partial charge in [-0.1, -0.05) is 12.1 Å². The van der Waals surface area contributed by atoms with E-state index in [0.29, 0.717) is 24.1 Å². The Kier molecular flexibility index (Phi) is 5.01. The van der Waals surface area contributed by atoms with Crippen LogP contribution in [0, 0.1) is 0 Å². The number of piperazine rings is 1. The van der Waals surface area contributed by atoms with Crippen LogP contribution in [0.4, 0.5) is 11.9 Å². The monoisotopic (exact) mass is 471 g/mol. The fourth-order valence-corrected chi connectivity index (χ4v) is 4.11. The highest BCUT2D eigenvalue weighted by atomic mass is 79.9. The Labute approximate surface area is 181 Å². The Morgan fingerprint density at radius 2 is 2.10 bits per heavy atom. The molecular formula is C19H22BrN9O. The van der Waals surface area contributed by atoms with Crippen LogP contribution >= 0.6 is 15.9 Å². The third-order valence-corrected chi connectivity index (χ3v) is 5.88. The van der Waals surface area contributed by atoms with E-state index in [1.54, 1.807) is 10.7 Å². The number of hydrogen-bond acceptors (Lipinski definition) is 8. The average molecular weight is 472 g/mol. The minimum absolute atomic E-state index is 0.0427. The number of aromatic amines is 1. The third-order valence-electron chi connectivity index (χ3n) is 5.32. The summed E-state index contributed by atoms with van der Waals surface area (Å²) >= 11 is 3.52. The molecule has 1 saturated heterocycles. The second kappa shape index (κ2) is 7.82. The summed E-state index contributed by atoms with van der Waals surface area (Å²) < 4.78 is 2.45. The largest absolute Gasteiger partial charge is 0.394 e. The Morgan fingerprint density at radius 1 is 1.23 bits per heavy atom. The standard InChI is InChI=1S/C19H22BrN9O/c1-27-6-7-28(12(10-27)11-30)19-25-17-13(20)8-22-29(17)18(26-19)21-9-16-23-14-4-2-3-5-15(14)24-16/h2-5,8,12,30H,6-7,9-11H2,1H3,(H,23,24)(H,21,25,26). The van der Waals surface area contributed by atoms with E-state index in [1.165, 1.54) is 0 Å². The molecule has 0 saturated carbocycles. The lowest BCUT2D eigenvalue weighted by molar-refractivity contribution is 0.189. The van der Waals surface area contributed by atoms with Gasteiger partial charge >= 0.3 is 0 Å². The van der Waals surface area contributed by atoms with Gasteiger partial charge in [-0.25, -0.2) is 4.98 Å². The van der Waals surface area contributed by atoms with Crippen LogP contribution in [0.2, 0.25) is 0 Å². The molecule has 1 unspecified atom stereocenters. The summed E-state index contributed by atoms with van der Waals surface area (Å²) in [7, 11) is 2.05. The van der Waals surface area contributed by atoms with Gasteiger partial charge in [0.15, 0.2) is 5.65 Å². The molecular weight excluding hydrogens is 450 g/mol. The molecule has 10 nitrogen and oxygen atoms in total. The Balaban J connectivity index is 1.47. The van der Waals surface area contributed by atoms with Crippen molar-refractivity contribution in [2.45, 2.75) is 12.6 Å². The van der Waals surface area contributed by atoms with E-state index < -0.39 is 0 Å². The molecule has 0 spiro atoms. The van der Waals surface area contributed by atoms with Crippen molar-refractivity contribution in [3.63, 3.8) is 0 Å². The molecule has 4 heterocycles. The third kappa shape index (κ3) is 3.48. The van der Waals surface area contributed by atoms with Gasteiger partial charge in [0.1, 0.15) is 5.82 Å². The molecule has 11 heteroatoms. The zero-order valence-electron chi connectivity index (χ0n) is 16.5. The maximum absolute atomic E-state index is 9.88. The second-order valence-corrected chi connectivity index (χ2v) is 8.28. The van der Waals surface area contributed by atoms with E-state index in [2.05, 4.69) is 53.2 Å². The summed E-state index contributed by atoms with van der Waals surface area (Å²) in [5.41, 5.74) is 2.59. The highest BCUT2D eigenvalue weighted by Crippen LogP contribution is 2.24. The number of aliphatic hydroxyl groups excluding tert-OH is 1. The highest BCUT2D eigenvalue weighted by Gasteiger charge is 2.28. The first-order chi connectivity index (χ1) is 14.6. The minimum Gasteiger partial charge on any atom is -0.394 e. The van der Waals surface area contributed by atoms with Gasteiger partial charge in [-0.05, 0) is 35.1 Å². The van der Waals surface area contributed by atoms with E-state index in [1.807, 2.05) is 24.3 Å². The van der Waals surface area contributed by atoms with Crippen molar-refractivity contribution in [1.29, 1.82) is 0 Å². The first kappa shape index (κ1) is 19.2. The SMILES string of the molecule is CN1CCN(c2nc(NCc3nc4ccccc4[nH]3)n3ncc(Br)c3n2)C(CO)C1. The molecule has 1 aliphatic heterocycles. The smallest absolute Gasteiger partial charge is 0.231 e. The summed E-state index contributed by atoms with van der Waals surface area (Å²) in [5.74, 6) is 1.95. The molecule has 4 aromatic rings. The fourth-order valence-electron chi connectivity index (χ4n) is 3.76. The molecule has 1 aliphatic rings. The number of nitrogens with zero attached hydrogens (tertiary/aromatic N) is 7. The molecule has 3 N–H and O–H groups in total. The predicted molar refractivity (Wildman–Crippen MR) is 118 cm³/mol. The van der Waals surface area contributed by atoms with Gasteiger partial charge in [0, 0.05) is 19.6 Å². The number of fused-ring (bicyclic) bond motifs is 2.